The number of aryl methyl sites for hydroxylation is 2. The lowest BCUT2D eigenvalue weighted by Crippen LogP contribution is -2.13. The van der Waals surface area contributed by atoms with Crippen molar-refractivity contribution >= 4 is 34.8 Å². The van der Waals surface area contributed by atoms with Crippen LogP contribution in [0.2, 0.25) is 0 Å². The van der Waals surface area contributed by atoms with Gasteiger partial charge in [-0.15, -0.1) is 5.10 Å². The highest BCUT2D eigenvalue weighted by atomic mass is 35.6. The Morgan fingerprint density at radius 3 is 2.36 bits per heavy atom. The van der Waals surface area contributed by atoms with Crippen molar-refractivity contribution in [1.82, 2.24) is 15.0 Å². The third-order valence-electron chi connectivity index (χ3n) is 1.84. The highest BCUT2D eigenvalue weighted by Crippen LogP contribution is 2.39. The van der Waals surface area contributed by atoms with Gasteiger partial charge >= 0.3 is 0 Å². The Hall–Kier alpha value is 0.01000. The minimum atomic E-state index is -1.44. The van der Waals surface area contributed by atoms with Crippen LogP contribution in [0.1, 0.15) is 31.7 Å². The molecular weight excluding hydrogens is 244 g/mol. The Bertz CT molecular complexity index is 303. The third kappa shape index (κ3) is 2.53. The van der Waals surface area contributed by atoms with Crippen LogP contribution in [0.15, 0.2) is 0 Å². The first-order valence-electron chi connectivity index (χ1n) is 4.50. The number of hydrogen-bond acceptors (Lipinski definition) is 2. The quantitative estimate of drug-likeness (QED) is 0.778. The van der Waals surface area contributed by atoms with E-state index in [0.29, 0.717) is 12.1 Å². The fourth-order valence-corrected chi connectivity index (χ4v) is 1.89. The summed E-state index contributed by atoms with van der Waals surface area (Å²) < 4.78 is 0.218. The predicted octanol–water partition coefficient (Wildman–Crippen LogP) is 3.08. The second kappa shape index (κ2) is 4.69. The number of halogens is 3. The maximum absolute atomic E-state index is 5.85. The molecule has 0 aliphatic heterocycles. The van der Waals surface area contributed by atoms with Crippen molar-refractivity contribution in [1.29, 1.82) is 0 Å². The molecule has 0 amide bonds. The molecule has 0 aliphatic rings. The summed E-state index contributed by atoms with van der Waals surface area (Å²) in [6.45, 7) is 4.71. The van der Waals surface area contributed by atoms with Crippen LogP contribution in [-0.4, -0.2) is 15.0 Å². The van der Waals surface area contributed by atoms with Crippen molar-refractivity contribution in [3.63, 3.8) is 0 Å². The largest absolute Gasteiger partial charge is 0.245 e. The molecule has 1 aromatic rings. The zero-order valence-electron chi connectivity index (χ0n) is 8.10. The summed E-state index contributed by atoms with van der Waals surface area (Å²) in [5, 5.41) is 7.94. The summed E-state index contributed by atoms with van der Waals surface area (Å²) in [7, 11) is 0. The second-order valence-corrected chi connectivity index (χ2v) is 5.24. The Kier molecular flexibility index (Phi) is 4.04. The summed E-state index contributed by atoms with van der Waals surface area (Å²) in [5.41, 5.74) is 1.34. The molecule has 0 aromatic carbocycles. The lowest BCUT2D eigenvalue weighted by molar-refractivity contribution is 0.558. The lowest BCUT2D eigenvalue weighted by Gasteiger charge is -2.13. The molecule has 0 saturated carbocycles. The van der Waals surface area contributed by atoms with E-state index in [9.17, 15) is 0 Å². The molecule has 0 fully saturated rings. The summed E-state index contributed by atoms with van der Waals surface area (Å²) in [5.74, 6) is 0. The third-order valence-corrected chi connectivity index (χ3v) is 2.38. The van der Waals surface area contributed by atoms with E-state index in [1.807, 2.05) is 13.8 Å². The van der Waals surface area contributed by atoms with Gasteiger partial charge in [-0.1, -0.05) is 53.9 Å². The van der Waals surface area contributed by atoms with E-state index in [2.05, 4.69) is 10.3 Å². The van der Waals surface area contributed by atoms with Crippen molar-refractivity contribution in [3.8, 4) is 0 Å². The van der Waals surface area contributed by atoms with E-state index in [0.717, 1.165) is 18.7 Å². The molecule has 3 nitrogen and oxygen atoms in total. The molecule has 1 aromatic heterocycles. The smallest absolute Gasteiger partial charge is 0.234 e. The molecular formula is C8H12Cl3N3. The van der Waals surface area contributed by atoms with Crippen molar-refractivity contribution < 1.29 is 0 Å². The fourth-order valence-electron chi connectivity index (χ4n) is 1.27. The topological polar surface area (TPSA) is 30.7 Å². The van der Waals surface area contributed by atoms with Gasteiger partial charge in [0.25, 0.3) is 0 Å². The highest BCUT2D eigenvalue weighted by Gasteiger charge is 2.31. The van der Waals surface area contributed by atoms with E-state index >= 15 is 0 Å². The van der Waals surface area contributed by atoms with Gasteiger partial charge in [0.2, 0.25) is 3.79 Å². The number of rotatable bonds is 3. The molecule has 0 bridgehead atoms. The molecule has 0 saturated heterocycles. The van der Waals surface area contributed by atoms with Gasteiger partial charge in [0.05, 0.1) is 5.69 Å². The van der Waals surface area contributed by atoms with Gasteiger partial charge in [-0.25, -0.2) is 4.68 Å². The Labute approximate surface area is 98.3 Å². The van der Waals surface area contributed by atoms with E-state index in [1.165, 1.54) is 0 Å². The zero-order valence-corrected chi connectivity index (χ0v) is 10.4. The summed E-state index contributed by atoms with van der Waals surface area (Å²) >= 11 is 17.6. The molecule has 14 heavy (non-hydrogen) atoms. The maximum Gasteiger partial charge on any atom is 0.234 e. The van der Waals surface area contributed by atoms with Gasteiger partial charge in [-0.05, 0) is 12.8 Å². The van der Waals surface area contributed by atoms with E-state index in [-0.39, 0.29) is 0 Å². The summed E-state index contributed by atoms with van der Waals surface area (Å²) in [4.78, 5) is 0. The van der Waals surface area contributed by atoms with Gasteiger partial charge in [-0.3, -0.25) is 0 Å². The van der Waals surface area contributed by atoms with Crippen LogP contribution in [0.4, 0.5) is 0 Å². The van der Waals surface area contributed by atoms with Gasteiger partial charge in [0.1, 0.15) is 5.69 Å². The first-order chi connectivity index (χ1) is 6.50. The number of hydrogen-bond donors (Lipinski definition) is 0. The fraction of sp³-hybridized carbons (Fsp3) is 0.750. The van der Waals surface area contributed by atoms with Gasteiger partial charge < -0.3 is 0 Å². The highest BCUT2D eigenvalue weighted by molar-refractivity contribution is 6.66. The van der Waals surface area contributed by atoms with Crippen molar-refractivity contribution in [2.45, 2.75) is 37.0 Å². The second-order valence-electron chi connectivity index (χ2n) is 2.96. The van der Waals surface area contributed by atoms with Crippen LogP contribution in [0, 0.1) is 0 Å². The van der Waals surface area contributed by atoms with Crippen LogP contribution in [0.25, 0.3) is 0 Å². The van der Waals surface area contributed by atoms with Crippen LogP contribution < -0.4 is 0 Å². The van der Waals surface area contributed by atoms with Crippen LogP contribution in [0.3, 0.4) is 0 Å². The molecule has 1 heterocycles. The number of alkyl halides is 3. The molecule has 0 N–H and O–H groups in total. The molecule has 0 unspecified atom stereocenters. The zero-order chi connectivity index (χ0) is 10.8. The Balaban J connectivity index is 3.13. The Morgan fingerprint density at radius 2 is 1.93 bits per heavy atom. The maximum atomic E-state index is 5.85. The molecule has 0 atom stereocenters. The number of nitrogens with zero attached hydrogens (tertiary/aromatic N) is 3. The standard InChI is InChI=1S/C8H12Cl3N3/c1-3-5-14-7(8(9,10)11)6(4-2)12-13-14/h3-5H2,1-2H3. The molecule has 1 rings (SSSR count). The van der Waals surface area contributed by atoms with E-state index in [4.69, 9.17) is 34.8 Å². The Morgan fingerprint density at radius 1 is 1.29 bits per heavy atom. The van der Waals surface area contributed by atoms with Crippen LogP contribution in [-0.2, 0) is 16.8 Å². The summed E-state index contributed by atoms with van der Waals surface area (Å²) in [6, 6.07) is 0. The summed E-state index contributed by atoms with van der Waals surface area (Å²) in [6.07, 6.45) is 1.65. The van der Waals surface area contributed by atoms with Gasteiger partial charge in [-0.2, -0.15) is 0 Å². The number of aromatic nitrogens is 3. The van der Waals surface area contributed by atoms with Crippen molar-refractivity contribution in [2.75, 3.05) is 0 Å². The molecule has 0 radical (unpaired) electrons. The van der Waals surface area contributed by atoms with Gasteiger partial charge in [0, 0.05) is 6.54 Å². The van der Waals surface area contributed by atoms with Crippen LogP contribution in [0.5, 0.6) is 0 Å². The van der Waals surface area contributed by atoms with E-state index < -0.39 is 3.79 Å². The van der Waals surface area contributed by atoms with Crippen molar-refractivity contribution in [2.24, 2.45) is 0 Å². The minimum Gasteiger partial charge on any atom is -0.245 e. The lowest BCUT2D eigenvalue weighted by atomic mass is 10.3. The normalized spacial score (nSPS) is 12.1. The average Bonchev–Trinajstić information content (AvgIpc) is 2.47. The van der Waals surface area contributed by atoms with Crippen molar-refractivity contribution in [3.05, 3.63) is 11.4 Å². The first-order valence-corrected chi connectivity index (χ1v) is 5.63. The predicted molar refractivity (Wildman–Crippen MR) is 58.9 cm³/mol. The molecule has 0 spiro atoms. The first kappa shape index (κ1) is 12.1. The molecule has 0 aliphatic carbocycles. The average molecular weight is 257 g/mol. The van der Waals surface area contributed by atoms with Crippen LogP contribution >= 0.6 is 34.8 Å². The minimum absolute atomic E-state index is 0.590. The molecule has 80 valence electrons. The molecule has 6 heteroatoms. The SMILES string of the molecule is CCCn1nnc(CC)c1C(Cl)(Cl)Cl. The monoisotopic (exact) mass is 255 g/mol. The van der Waals surface area contributed by atoms with E-state index in [1.54, 1.807) is 4.68 Å². The van der Waals surface area contributed by atoms with Gasteiger partial charge in [0.15, 0.2) is 0 Å².